The molecule has 0 atom stereocenters. The van der Waals surface area contributed by atoms with Crippen LogP contribution in [-0.4, -0.2) is 37.0 Å². The van der Waals surface area contributed by atoms with Gasteiger partial charge in [0, 0.05) is 19.8 Å². The summed E-state index contributed by atoms with van der Waals surface area (Å²) in [6.45, 7) is 0.569. The van der Waals surface area contributed by atoms with E-state index in [0.717, 1.165) is 0 Å². The molecule has 0 aliphatic rings. The van der Waals surface area contributed by atoms with E-state index in [9.17, 15) is 9.18 Å². The maximum atomic E-state index is 13.5. The summed E-state index contributed by atoms with van der Waals surface area (Å²) in [6.07, 6.45) is 3.73. The molecule has 0 aliphatic heterocycles. The highest BCUT2D eigenvalue weighted by molar-refractivity contribution is 5.94. The number of benzene rings is 1. The van der Waals surface area contributed by atoms with Crippen molar-refractivity contribution in [1.29, 1.82) is 0 Å². The third kappa shape index (κ3) is 5.68. The van der Waals surface area contributed by atoms with E-state index in [1.165, 1.54) is 6.07 Å². The number of nitrogens with zero attached hydrogens (tertiary/aromatic N) is 2. The van der Waals surface area contributed by atoms with Gasteiger partial charge in [0.2, 0.25) is 5.91 Å². The minimum atomic E-state index is -0.224. The van der Waals surface area contributed by atoms with Crippen molar-refractivity contribution in [2.24, 2.45) is 4.99 Å². The van der Waals surface area contributed by atoms with Crippen LogP contribution in [0, 0.1) is 5.82 Å². The molecule has 24 heavy (non-hydrogen) atoms. The van der Waals surface area contributed by atoms with Crippen molar-refractivity contribution in [3.05, 3.63) is 60.2 Å². The number of halogens is 1. The number of carbonyl (C=O) groups excluding carboxylic acids is 1. The summed E-state index contributed by atoms with van der Waals surface area (Å²) >= 11 is 0. The van der Waals surface area contributed by atoms with Crippen LogP contribution in [0.2, 0.25) is 0 Å². The molecule has 2 rings (SSSR count). The van der Waals surface area contributed by atoms with E-state index in [-0.39, 0.29) is 18.3 Å². The maximum Gasteiger partial charge on any atom is 0.243 e. The molecule has 1 amide bonds. The summed E-state index contributed by atoms with van der Waals surface area (Å²) < 4.78 is 13.5. The number of aromatic nitrogens is 1. The van der Waals surface area contributed by atoms with E-state index in [1.54, 1.807) is 49.8 Å². The van der Waals surface area contributed by atoms with Gasteiger partial charge in [0.05, 0.1) is 18.4 Å². The first-order valence-corrected chi connectivity index (χ1v) is 7.57. The zero-order valence-corrected chi connectivity index (χ0v) is 13.4. The summed E-state index contributed by atoms with van der Waals surface area (Å²) in [4.78, 5) is 19.8. The number of rotatable bonds is 6. The van der Waals surface area contributed by atoms with Gasteiger partial charge < -0.3 is 16.0 Å². The normalized spacial score (nSPS) is 11.0. The van der Waals surface area contributed by atoms with E-state index < -0.39 is 0 Å². The number of hydrogen-bond acceptors (Lipinski definition) is 3. The monoisotopic (exact) mass is 329 g/mol. The minimum Gasteiger partial charge on any atom is -0.356 e. The number of carbonyl (C=O) groups is 1. The second-order valence-electron chi connectivity index (χ2n) is 4.98. The molecular weight excluding hydrogens is 309 g/mol. The van der Waals surface area contributed by atoms with Crippen LogP contribution in [0.4, 0.5) is 10.1 Å². The first kappa shape index (κ1) is 17.4. The molecule has 0 unspecified atom stereocenters. The molecule has 7 heteroatoms. The lowest BCUT2D eigenvalue weighted by atomic mass is 10.1. The Morgan fingerprint density at radius 3 is 2.75 bits per heavy atom. The van der Waals surface area contributed by atoms with Gasteiger partial charge in [-0.15, -0.1) is 0 Å². The summed E-state index contributed by atoms with van der Waals surface area (Å²) in [5.74, 6) is 0.0471. The number of nitrogens with one attached hydrogen (secondary N) is 3. The Hall–Kier alpha value is -2.96. The van der Waals surface area contributed by atoms with Gasteiger partial charge in [-0.25, -0.2) is 4.39 Å². The summed E-state index contributed by atoms with van der Waals surface area (Å²) in [6, 6.07) is 10.1. The van der Waals surface area contributed by atoms with Crippen molar-refractivity contribution in [3.63, 3.8) is 0 Å². The molecule has 2 aromatic rings. The van der Waals surface area contributed by atoms with Crippen molar-refractivity contribution in [2.75, 3.05) is 25.5 Å². The van der Waals surface area contributed by atoms with Gasteiger partial charge in [-0.1, -0.05) is 18.2 Å². The van der Waals surface area contributed by atoms with Gasteiger partial charge in [0.25, 0.3) is 0 Å². The Bertz CT molecular complexity index is 690. The highest BCUT2D eigenvalue weighted by Gasteiger charge is 2.05. The predicted molar refractivity (Wildman–Crippen MR) is 92.3 cm³/mol. The third-order valence-corrected chi connectivity index (χ3v) is 3.23. The Morgan fingerprint density at radius 1 is 1.21 bits per heavy atom. The van der Waals surface area contributed by atoms with Crippen molar-refractivity contribution < 1.29 is 9.18 Å². The van der Waals surface area contributed by atoms with Crippen molar-refractivity contribution in [3.8, 4) is 0 Å². The molecule has 1 aromatic carbocycles. The van der Waals surface area contributed by atoms with Gasteiger partial charge in [-0.05, 0) is 30.2 Å². The summed E-state index contributed by atoms with van der Waals surface area (Å²) in [5, 5.41) is 8.66. The molecule has 0 saturated heterocycles. The molecule has 0 radical (unpaired) electrons. The summed E-state index contributed by atoms with van der Waals surface area (Å²) in [7, 11) is 1.61. The maximum absolute atomic E-state index is 13.5. The zero-order valence-electron chi connectivity index (χ0n) is 13.4. The summed E-state index contributed by atoms with van der Waals surface area (Å²) in [5.41, 5.74) is 1.27. The van der Waals surface area contributed by atoms with E-state index in [0.29, 0.717) is 30.2 Å². The molecule has 0 fully saturated rings. The highest BCUT2D eigenvalue weighted by atomic mass is 19.1. The van der Waals surface area contributed by atoms with Crippen LogP contribution in [-0.2, 0) is 11.2 Å². The fourth-order valence-electron chi connectivity index (χ4n) is 2.04. The second kappa shape index (κ2) is 9.24. The van der Waals surface area contributed by atoms with Gasteiger partial charge in [0.15, 0.2) is 5.96 Å². The molecule has 1 heterocycles. The average molecular weight is 329 g/mol. The zero-order chi connectivity index (χ0) is 17.2. The van der Waals surface area contributed by atoms with Gasteiger partial charge in [-0.2, -0.15) is 0 Å². The lowest BCUT2D eigenvalue weighted by Gasteiger charge is -2.12. The molecule has 6 nitrogen and oxygen atoms in total. The number of pyridine rings is 1. The van der Waals surface area contributed by atoms with Crippen molar-refractivity contribution in [2.45, 2.75) is 6.42 Å². The number of guanidine groups is 1. The Kier molecular flexibility index (Phi) is 6.70. The molecule has 0 aliphatic carbocycles. The first-order chi connectivity index (χ1) is 11.7. The van der Waals surface area contributed by atoms with Gasteiger partial charge in [0.1, 0.15) is 5.82 Å². The third-order valence-electron chi connectivity index (χ3n) is 3.23. The number of aliphatic imine (C=N–C) groups is 1. The van der Waals surface area contributed by atoms with E-state index in [4.69, 9.17) is 0 Å². The molecule has 0 spiro atoms. The Balaban J connectivity index is 1.72. The van der Waals surface area contributed by atoms with Crippen LogP contribution in [0.5, 0.6) is 0 Å². The quantitative estimate of drug-likeness (QED) is 0.555. The van der Waals surface area contributed by atoms with Crippen LogP contribution in [0.15, 0.2) is 53.8 Å². The molecular formula is C17H20FN5O. The topological polar surface area (TPSA) is 78.4 Å². The van der Waals surface area contributed by atoms with Crippen LogP contribution in [0.25, 0.3) is 0 Å². The highest BCUT2D eigenvalue weighted by Crippen LogP contribution is 2.06. The average Bonchev–Trinajstić information content (AvgIpc) is 2.60. The first-order valence-electron chi connectivity index (χ1n) is 7.57. The van der Waals surface area contributed by atoms with Crippen LogP contribution < -0.4 is 16.0 Å². The smallest absolute Gasteiger partial charge is 0.243 e. The van der Waals surface area contributed by atoms with E-state index in [1.807, 2.05) is 0 Å². The number of hydrogen-bond donors (Lipinski definition) is 3. The number of amides is 1. The van der Waals surface area contributed by atoms with E-state index in [2.05, 4.69) is 25.9 Å². The fraction of sp³-hybridized carbons (Fsp3) is 0.235. The van der Waals surface area contributed by atoms with Gasteiger partial charge in [-0.3, -0.25) is 14.8 Å². The lowest BCUT2D eigenvalue weighted by Crippen LogP contribution is -2.42. The van der Waals surface area contributed by atoms with E-state index >= 15 is 0 Å². The second-order valence-corrected chi connectivity index (χ2v) is 4.98. The Labute approximate surface area is 140 Å². The Morgan fingerprint density at radius 2 is 2.04 bits per heavy atom. The van der Waals surface area contributed by atoms with Crippen molar-refractivity contribution >= 4 is 17.6 Å². The van der Waals surface area contributed by atoms with Crippen LogP contribution in [0.3, 0.4) is 0 Å². The largest absolute Gasteiger partial charge is 0.356 e. The van der Waals surface area contributed by atoms with Crippen molar-refractivity contribution in [1.82, 2.24) is 15.6 Å². The molecule has 1 aromatic heterocycles. The fourth-order valence-corrected chi connectivity index (χ4v) is 2.04. The van der Waals surface area contributed by atoms with Crippen LogP contribution >= 0.6 is 0 Å². The minimum absolute atomic E-state index is 0.0638. The number of anilines is 1. The SMILES string of the molecule is CN=C(NCCc1ccccc1F)NCC(=O)Nc1cccnc1. The standard InChI is InChI=1S/C17H20FN5O/c1-19-17(21-10-8-13-5-2-3-7-15(13)18)22-12-16(24)23-14-6-4-9-20-11-14/h2-7,9,11H,8,10,12H2,1H3,(H,23,24)(H2,19,21,22). The predicted octanol–water partition coefficient (Wildman–Crippen LogP) is 1.57. The molecule has 3 N–H and O–H groups in total. The van der Waals surface area contributed by atoms with Gasteiger partial charge >= 0.3 is 0 Å². The van der Waals surface area contributed by atoms with Crippen LogP contribution in [0.1, 0.15) is 5.56 Å². The molecule has 0 saturated carbocycles. The lowest BCUT2D eigenvalue weighted by molar-refractivity contribution is -0.115. The molecule has 0 bridgehead atoms. The molecule has 126 valence electrons.